The summed E-state index contributed by atoms with van der Waals surface area (Å²) in [6, 6.07) is 0. The molecule has 0 bridgehead atoms. The van der Waals surface area contributed by atoms with Gasteiger partial charge in [0.1, 0.15) is 12.4 Å². The van der Waals surface area contributed by atoms with Crippen LogP contribution in [-0.2, 0) is 14.3 Å². The monoisotopic (exact) mass is 262 g/mol. The fourth-order valence-electron chi connectivity index (χ4n) is 2.62. The molecule has 1 saturated heterocycles. The van der Waals surface area contributed by atoms with E-state index in [0.29, 0.717) is 12.0 Å². The molecule has 0 aromatic rings. The van der Waals surface area contributed by atoms with E-state index in [1.165, 1.54) is 0 Å². The Balaban J connectivity index is 2.35. The fourth-order valence-corrected chi connectivity index (χ4v) is 2.62. The topological polar surface area (TPSA) is 63.6 Å². The minimum absolute atomic E-state index is 0.285. The van der Waals surface area contributed by atoms with Gasteiger partial charge in [-0.3, -0.25) is 4.79 Å². The highest BCUT2D eigenvalue weighted by Crippen LogP contribution is 2.34. The molecule has 1 aliphatic carbocycles. The minimum Gasteiger partial charge on any atom is -0.458 e. The predicted octanol–water partition coefficient (Wildman–Crippen LogP) is 1.70. The maximum atomic E-state index is 11.6. The molecule has 0 aromatic heterocycles. The average molecular weight is 262 g/mol. The number of rotatable bonds is 1. The van der Waals surface area contributed by atoms with Crippen molar-refractivity contribution in [1.82, 2.24) is 0 Å². The molecule has 102 valence electrons. The van der Waals surface area contributed by atoms with E-state index in [1.54, 1.807) is 6.08 Å². The zero-order chi connectivity index (χ0) is 14.0. The van der Waals surface area contributed by atoms with Gasteiger partial charge in [0.15, 0.2) is 0 Å². The molecule has 1 heterocycles. The maximum absolute atomic E-state index is 11.6. The Labute approximate surface area is 112 Å². The van der Waals surface area contributed by atoms with Gasteiger partial charge in [0.2, 0.25) is 0 Å². The van der Waals surface area contributed by atoms with Crippen LogP contribution in [0.2, 0.25) is 0 Å². The summed E-state index contributed by atoms with van der Waals surface area (Å²) in [6.07, 6.45) is 4.98. The number of ether oxygens (including phenoxy) is 1. The summed E-state index contributed by atoms with van der Waals surface area (Å²) < 4.78 is 5.22. The second-order valence-corrected chi connectivity index (χ2v) is 5.14. The van der Waals surface area contributed by atoms with Crippen molar-refractivity contribution >= 4 is 12.3 Å². The van der Waals surface area contributed by atoms with Gasteiger partial charge in [-0.2, -0.15) is 0 Å². The first kappa shape index (κ1) is 13.7. The molecule has 0 saturated carbocycles. The van der Waals surface area contributed by atoms with Crippen LogP contribution in [0.5, 0.6) is 0 Å². The van der Waals surface area contributed by atoms with Crippen molar-refractivity contribution in [2.75, 3.05) is 0 Å². The molecule has 19 heavy (non-hydrogen) atoms. The van der Waals surface area contributed by atoms with Crippen molar-refractivity contribution in [3.8, 4) is 0 Å². The molecular weight excluding hydrogens is 244 g/mol. The molecule has 4 nitrogen and oxygen atoms in total. The second-order valence-electron chi connectivity index (χ2n) is 5.14. The molecule has 1 fully saturated rings. The molecule has 0 aromatic carbocycles. The van der Waals surface area contributed by atoms with Crippen LogP contribution in [-0.4, -0.2) is 29.6 Å². The number of aliphatic hydroxyl groups is 1. The summed E-state index contributed by atoms with van der Waals surface area (Å²) in [5.41, 5.74) is 1.92. The number of fused-ring (bicyclic) bond motifs is 1. The third-order valence-electron chi connectivity index (χ3n) is 3.68. The van der Waals surface area contributed by atoms with Crippen LogP contribution >= 0.6 is 0 Å². The van der Waals surface area contributed by atoms with Crippen molar-refractivity contribution < 1.29 is 19.4 Å². The number of esters is 1. The lowest BCUT2D eigenvalue weighted by Gasteiger charge is -2.22. The maximum Gasteiger partial charge on any atom is 0.334 e. The van der Waals surface area contributed by atoms with Crippen LogP contribution in [0.1, 0.15) is 26.2 Å². The van der Waals surface area contributed by atoms with E-state index in [9.17, 15) is 14.7 Å². The van der Waals surface area contributed by atoms with E-state index in [4.69, 9.17) is 4.74 Å². The van der Waals surface area contributed by atoms with Gasteiger partial charge in [0, 0.05) is 12.0 Å². The van der Waals surface area contributed by atoms with Gasteiger partial charge < -0.3 is 9.84 Å². The van der Waals surface area contributed by atoms with E-state index in [-0.39, 0.29) is 5.57 Å². The number of aliphatic hydroxyl groups excluding tert-OH is 1. The molecule has 3 atom stereocenters. The lowest BCUT2D eigenvalue weighted by molar-refractivity contribution is -0.139. The smallest absolute Gasteiger partial charge is 0.334 e. The van der Waals surface area contributed by atoms with Crippen LogP contribution in [0.4, 0.5) is 0 Å². The van der Waals surface area contributed by atoms with Crippen LogP contribution in [0.15, 0.2) is 35.5 Å². The number of allylic oxidation sites excluding steroid dienone is 2. The predicted molar refractivity (Wildman–Crippen MR) is 70.3 cm³/mol. The zero-order valence-corrected chi connectivity index (χ0v) is 11.0. The van der Waals surface area contributed by atoms with E-state index in [0.717, 1.165) is 24.7 Å². The van der Waals surface area contributed by atoms with Gasteiger partial charge in [-0.25, -0.2) is 4.79 Å². The molecule has 1 aliphatic heterocycles. The second kappa shape index (κ2) is 5.53. The largest absolute Gasteiger partial charge is 0.458 e. The van der Waals surface area contributed by atoms with Crippen molar-refractivity contribution in [1.29, 1.82) is 0 Å². The van der Waals surface area contributed by atoms with Crippen molar-refractivity contribution in [2.45, 2.75) is 38.4 Å². The Morgan fingerprint density at radius 3 is 2.95 bits per heavy atom. The van der Waals surface area contributed by atoms with Crippen molar-refractivity contribution in [2.24, 2.45) is 5.92 Å². The quantitative estimate of drug-likeness (QED) is 0.338. The first-order valence-corrected chi connectivity index (χ1v) is 6.42. The highest BCUT2D eigenvalue weighted by atomic mass is 16.6. The number of carbonyl (C=O) groups is 2. The Morgan fingerprint density at radius 1 is 1.53 bits per heavy atom. The van der Waals surface area contributed by atoms with Crippen LogP contribution in [0.3, 0.4) is 0 Å². The summed E-state index contributed by atoms with van der Waals surface area (Å²) >= 11 is 0. The highest BCUT2D eigenvalue weighted by molar-refractivity contribution is 5.91. The molecule has 4 heteroatoms. The molecule has 2 rings (SSSR count). The first-order valence-electron chi connectivity index (χ1n) is 6.42. The normalized spacial score (nSPS) is 37.5. The molecular formula is C15H18O4. The molecule has 1 N–H and O–H groups in total. The highest BCUT2D eigenvalue weighted by Gasteiger charge is 2.42. The Morgan fingerprint density at radius 2 is 2.26 bits per heavy atom. The van der Waals surface area contributed by atoms with E-state index in [2.05, 4.69) is 6.58 Å². The van der Waals surface area contributed by atoms with Crippen LogP contribution in [0, 0.1) is 5.92 Å². The van der Waals surface area contributed by atoms with E-state index < -0.39 is 24.1 Å². The Hall–Kier alpha value is -1.68. The van der Waals surface area contributed by atoms with Crippen molar-refractivity contribution in [3.05, 3.63) is 35.5 Å². The van der Waals surface area contributed by atoms with Crippen LogP contribution in [0.25, 0.3) is 0 Å². The SMILES string of the molecule is C=C1C(=O)O[C@@H]2C/C(C=O)=C/CC/C(C)=C/[C@@H](O)[C@H]12. The Bertz CT molecular complexity index is 473. The van der Waals surface area contributed by atoms with E-state index in [1.807, 2.05) is 13.0 Å². The number of hydrogen-bond acceptors (Lipinski definition) is 4. The summed E-state index contributed by atoms with van der Waals surface area (Å²) in [5.74, 6) is -0.950. The average Bonchev–Trinajstić information content (AvgIpc) is 2.63. The standard InChI is InChI=1S/C15H18O4/c1-9-4-3-5-11(8-16)7-13-14(12(17)6-9)10(2)15(18)19-13/h5-6,8,12-14,17H,2-4,7H2,1H3/b9-6+,11-5-/t12-,13-,14+/m1/s1. The fraction of sp³-hybridized carbons (Fsp3) is 0.467. The lowest BCUT2D eigenvalue weighted by Crippen LogP contribution is -2.29. The van der Waals surface area contributed by atoms with Gasteiger partial charge in [-0.15, -0.1) is 0 Å². The van der Waals surface area contributed by atoms with Gasteiger partial charge in [-0.1, -0.05) is 24.3 Å². The molecule has 0 spiro atoms. The van der Waals surface area contributed by atoms with Gasteiger partial charge in [-0.05, 0) is 25.3 Å². The van der Waals surface area contributed by atoms with Gasteiger partial charge in [0.05, 0.1) is 12.0 Å². The minimum atomic E-state index is -0.796. The Kier molecular flexibility index (Phi) is 4.00. The molecule has 0 radical (unpaired) electrons. The first-order chi connectivity index (χ1) is 9.02. The summed E-state index contributed by atoms with van der Waals surface area (Å²) in [4.78, 5) is 22.6. The molecule has 2 aliphatic rings. The third-order valence-corrected chi connectivity index (χ3v) is 3.68. The van der Waals surface area contributed by atoms with E-state index >= 15 is 0 Å². The van der Waals surface area contributed by atoms with Crippen LogP contribution < -0.4 is 0 Å². The van der Waals surface area contributed by atoms with Crippen molar-refractivity contribution in [3.63, 3.8) is 0 Å². The number of aldehydes is 1. The lowest BCUT2D eigenvalue weighted by atomic mass is 9.86. The third kappa shape index (κ3) is 2.84. The number of hydrogen-bond donors (Lipinski definition) is 1. The number of carbonyl (C=O) groups excluding carboxylic acids is 2. The summed E-state index contributed by atoms with van der Waals surface area (Å²) in [6.45, 7) is 5.63. The summed E-state index contributed by atoms with van der Waals surface area (Å²) in [5, 5.41) is 10.2. The summed E-state index contributed by atoms with van der Waals surface area (Å²) in [7, 11) is 0. The van der Waals surface area contributed by atoms with Gasteiger partial charge in [0.25, 0.3) is 0 Å². The molecule has 0 unspecified atom stereocenters. The molecule has 0 amide bonds. The van der Waals surface area contributed by atoms with Gasteiger partial charge >= 0.3 is 5.97 Å². The zero-order valence-electron chi connectivity index (χ0n) is 11.0.